The summed E-state index contributed by atoms with van der Waals surface area (Å²) < 4.78 is 0. The van der Waals surface area contributed by atoms with Gasteiger partial charge in [0.1, 0.15) is 0 Å². The number of Topliss-reactive ketones (excluding diaryl/α,β-unsaturated/α-hetero) is 2. The van der Waals surface area contributed by atoms with Crippen LogP contribution in [0.5, 0.6) is 0 Å². The van der Waals surface area contributed by atoms with Crippen LogP contribution in [-0.2, 0) is 4.79 Å². The third-order valence-corrected chi connectivity index (χ3v) is 4.10. The molecule has 0 radical (unpaired) electrons. The summed E-state index contributed by atoms with van der Waals surface area (Å²) >= 11 is 6.66. The molecule has 2 rings (SSSR count). The summed E-state index contributed by atoms with van der Waals surface area (Å²) in [6.07, 6.45) is 0. The van der Waals surface area contributed by atoms with Crippen molar-refractivity contribution in [3.63, 3.8) is 0 Å². The Labute approximate surface area is 90.9 Å². The predicted octanol–water partition coefficient (Wildman–Crippen LogP) is 2.18. The molecule has 0 fully saturated rings. The van der Waals surface area contributed by atoms with E-state index in [2.05, 4.69) is 0 Å². The molecule has 0 N–H and O–H groups in total. The van der Waals surface area contributed by atoms with Crippen molar-refractivity contribution in [1.29, 1.82) is 0 Å². The Bertz CT molecular complexity index is 457. The monoisotopic (exact) mass is 224 g/mol. The van der Waals surface area contributed by atoms with Crippen LogP contribution in [0.4, 0.5) is 0 Å². The van der Waals surface area contributed by atoms with Gasteiger partial charge >= 0.3 is 0 Å². The normalized spacial score (nSPS) is 21.3. The first-order valence-corrected chi connectivity index (χ1v) is 5.48. The highest BCUT2D eigenvalue weighted by Gasteiger charge is 2.36. The Kier molecular flexibility index (Phi) is 2.12. The van der Waals surface area contributed by atoms with Crippen LogP contribution in [0.1, 0.15) is 27.0 Å². The van der Waals surface area contributed by atoms with Crippen molar-refractivity contribution >= 4 is 40.0 Å². The van der Waals surface area contributed by atoms with Gasteiger partial charge in [-0.1, -0.05) is 19.1 Å². The molecule has 1 unspecified atom stereocenters. The van der Waals surface area contributed by atoms with Crippen molar-refractivity contribution in [2.45, 2.75) is 13.8 Å². The molecule has 0 aliphatic heterocycles. The van der Waals surface area contributed by atoms with Gasteiger partial charge in [-0.15, -0.1) is 11.3 Å². The average Bonchev–Trinajstić information content (AvgIpc) is 2.54. The molecule has 2 nitrogen and oxygen atoms in total. The Morgan fingerprint density at radius 3 is 2.71 bits per heavy atom. The van der Waals surface area contributed by atoms with E-state index in [1.807, 2.05) is 6.92 Å². The Morgan fingerprint density at radius 2 is 2.07 bits per heavy atom. The fourth-order valence-electron chi connectivity index (χ4n) is 1.51. The molecular weight excluding hydrogens is 216 g/mol. The van der Waals surface area contributed by atoms with Crippen molar-refractivity contribution in [3.05, 3.63) is 21.4 Å². The Morgan fingerprint density at radius 1 is 1.43 bits per heavy atom. The standard InChI is InChI=1S/C10H8O2S2/c1-4-3-6-8(12)7(11)5(2)9(13)10(6)14-4/h3,5H,1-2H3. The summed E-state index contributed by atoms with van der Waals surface area (Å²) in [5.74, 6) is -1.19. The zero-order valence-corrected chi connectivity index (χ0v) is 9.42. The summed E-state index contributed by atoms with van der Waals surface area (Å²) in [7, 11) is 0. The van der Waals surface area contributed by atoms with E-state index in [1.54, 1.807) is 13.0 Å². The first-order chi connectivity index (χ1) is 6.52. The maximum absolute atomic E-state index is 11.6. The van der Waals surface area contributed by atoms with E-state index in [0.717, 1.165) is 9.75 Å². The second-order valence-electron chi connectivity index (χ2n) is 3.38. The van der Waals surface area contributed by atoms with E-state index >= 15 is 0 Å². The maximum atomic E-state index is 11.6. The van der Waals surface area contributed by atoms with Crippen molar-refractivity contribution < 1.29 is 9.59 Å². The summed E-state index contributed by atoms with van der Waals surface area (Å²) in [6, 6.07) is 1.75. The molecular formula is C10H8O2S2. The highest BCUT2D eigenvalue weighted by atomic mass is 32.1. The molecule has 0 aromatic carbocycles. The molecule has 0 amide bonds. The van der Waals surface area contributed by atoms with Crippen LogP contribution in [0.15, 0.2) is 6.07 Å². The highest BCUT2D eigenvalue weighted by molar-refractivity contribution is 7.81. The summed E-state index contributed by atoms with van der Waals surface area (Å²) in [5.41, 5.74) is 0.501. The van der Waals surface area contributed by atoms with Crippen LogP contribution in [-0.4, -0.2) is 16.4 Å². The lowest BCUT2D eigenvalue weighted by Gasteiger charge is -2.16. The van der Waals surface area contributed by atoms with E-state index < -0.39 is 5.92 Å². The first kappa shape index (κ1) is 9.68. The molecule has 0 saturated carbocycles. The molecule has 1 aliphatic carbocycles. The number of aryl methyl sites for hydroxylation is 1. The minimum Gasteiger partial charge on any atom is -0.290 e. The van der Waals surface area contributed by atoms with Gasteiger partial charge in [-0.25, -0.2) is 0 Å². The number of carbonyl (C=O) groups is 2. The highest BCUT2D eigenvalue weighted by Crippen LogP contribution is 2.30. The van der Waals surface area contributed by atoms with Crippen molar-refractivity contribution in [3.8, 4) is 0 Å². The van der Waals surface area contributed by atoms with Crippen molar-refractivity contribution in [2.75, 3.05) is 0 Å². The number of hydrogen-bond acceptors (Lipinski definition) is 4. The Balaban J connectivity index is 2.67. The largest absolute Gasteiger partial charge is 0.290 e. The molecule has 14 heavy (non-hydrogen) atoms. The number of ketones is 2. The second kappa shape index (κ2) is 3.07. The number of rotatable bonds is 0. The van der Waals surface area contributed by atoms with E-state index in [0.29, 0.717) is 10.4 Å². The molecule has 1 aliphatic rings. The van der Waals surface area contributed by atoms with Gasteiger partial charge in [0, 0.05) is 15.3 Å². The topological polar surface area (TPSA) is 34.1 Å². The van der Waals surface area contributed by atoms with Crippen LogP contribution in [0, 0.1) is 12.8 Å². The molecule has 0 spiro atoms. The third kappa shape index (κ3) is 1.18. The fourth-order valence-corrected chi connectivity index (χ4v) is 2.89. The SMILES string of the molecule is Cc1cc2c(s1)C(=S)C(C)C(=O)C2=O. The minimum atomic E-state index is -0.428. The molecule has 1 heterocycles. The van der Waals surface area contributed by atoms with Gasteiger partial charge in [0.15, 0.2) is 0 Å². The average molecular weight is 224 g/mol. The molecule has 4 heteroatoms. The van der Waals surface area contributed by atoms with Gasteiger partial charge in [0.25, 0.3) is 0 Å². The smallest absolute Gasteiger partial charge is 0.230 e. The van der Waals surface area contributed by atoms with Gasteiger partial charge < -0.3 is 0 Å². The number of thiocarbonyl (C=S) groups is 1. The predicted molar refractivity (Wildman–Crippen MR) is 59.3 cm³/mol. The number of thiophene rings is 1. The van der Waals surface area contributed by atoms with Crippen LogP contribution in [0.25, 0.3) is 0 Å². The number of carbonyl (C=O) groups excluding carboxylic acids is 2. The van der Waals surface area contributed by atoms with Crippen molar-refractivity contribution in [1.82, 2.24) is 0 Å². The summed E-state index contributed by atoms with van der Waals surface area (Å²) in [6.45, 7) is 3.61. The summed E-state index contributed by atoms with van der Waals surface area (Å²) in [4.78, 5) is 25.5. The molecule has 1 aromatic heterocycles. The van der Waals surface area contributed by atoms with Gasteiger partial charge in [0.2, 0.25) is 11.6 Å². The lowest BCUT2D eigenvalue weighted by molar-refractivity contribution is -0.116. The Hall–Kier alpha value is -0.870. The van der Waals surface area contributed by atoms with Gasteiger partial charge in [-0.05, 0) is 13.0 Å². The molecule has 72 valence electrons. The third-order valence-electron chi connectivity index (χ3n) is 2.33. The van der Waals surface area contributed by atoms with E-state index in [4.69, 9.17) is 12.2 Å². The number of hydrogen-bond donors (Lipinski definition) is 0. The zero-order chi connectivity index (χ0) is 10.5. The zero-order valence-electron chi connectivity index (χ0n) is 7.79. The second-order valence-corrected chi connectivity index (χ2v) is 5.08. The molecule has 1 aromatic rings. The van der Waals surface area contributed by atoms with Gasteiger partial charge in [-0.3, -0.25) is 9.59 Å². The maximum Gasteiger partial charge on any atom is 0.230 e. The lowest BCUT2D eigenvalue weighted by Crippen LogP contribution is -2.33. The van der Waals surface area contributed by atoms with Gasteiger partial charge in [0.05, 0.1) is 10.8 Å². The van der Waals surface area contributed by atoms with E-state index in [1.165, 1.54) is 11.3 Å². The van der Waals surface area contributed by atoms with E-state index in [-0.39, 0.29) is 11.6 Å². The first-order valence-electron chi connectivity index (χ1n) is 4.25. The molecule has 0 bridgehead atoms. The van der Waals surface area contributed by atoms with Crippen LogP contribution in [0.3, 0.4) is 0 Å². The lowest BCUT2D eigenvalue weighted by atomic mass is 9.88. The van der Waals surface area contributed by atoms with Gasteiger partial charge in [-0.2, -0.15) is 0 Å². The van der Waals surface area contributed by atoms with E-state index in [9.17, 15) is 9.59 Å². The summed E-state index contributed by atoms with van der Waals surface area (Å²) in [5, 5.41) is 0. The number of fused-ring (bicyclic) bond motifs is 1. The van der Waals surface area contributed by atoms with Crippen LogP contribution < -0.4 is 0 Å². The van der Waals surface area contributed by atoms with Crippen molar-refractivity contribution in [2.24, 2.45) is 5.92 Å². The molecule has 0 saturated heterocycles. The molecule has 1 atom stereocenters. The fraction of sp³-hybridized carbons (Fsp3) is 0.300. The quantitative estimate of drug-likeness (QED) is 0.500. The minimum absolute atomic E-state index is 0.375. The van der Waals surface area contributed by atoms with Crippen LogP contribution in [0.2, 0.25) is 0 Å². The van der Waals surface area contributed by atoms with Crippen LogP contribution >= 0.6 is 23.6 Å².